The summed E-state index contributed by atoms with van der Waals surface area (Å²) in [6.07, 6.45) is 5.26. The number of terminal acetylenes is 1. The summed E-state index contributed by atoms with van der Waals surface area (Å²) in [5, 5.41) is 10.5. The molecule has 2 nitrogen and oxygen atoms in total. The third kappa shape index (κ3) is 1.56. The van der Waals surface area contributed by atoms with Crippen LogP contribution in [0.15, 0.2) is 24.3 Å². The van der Waals surface area contributed by atoms with Crippen molar-refractivity contribution < 1.29 is 0 Å². The van der Waals surface area contributed by atoms with Gasteiger partial charge in [0.25, 0.3) is 0 Å². The number of nitriles is 1. The molecule has 1 aromatic heterocycles. The third-order valence-corrected chi connectivity index (χ3v) is 2.46. The average Bonchev–Trinajstić information content (AvgIpc) is 2.56. The summed E-state index contributed by atoms with van der Waals surface area (Å²) in [7, 11) is 0. The number of hydrogen-bond acceptors (Lipinski definition) is 1. The van der Waals surface area contributed by atoms with Crippen molar-refractivity contribution in [2.24, 2.45) is 0 Å². The normalized spacial score (nSPS) is 9.80. The van der Waals surface area contributed by atoms with E-state index in [4.69, 9.17) is 23.3 Å². The molecule has 0 aliphatic rings. The van der Waals surface area contributed by atoms with Gasteiger partial charge in [-0.05, 0) is 24.3 Å². The molecule has 3 heteroatoms. The first kappa shape index (κ1) is 9.65. The summed E-state index contributed by atoms with van der Waals surface area (Å²) >= 11 is 5.87. The van der Waals surface area contributed by atoms with E-state index >= 15 is 0 Å². The molecule has 0 N–H and O–H groups in total. The topological polar surface area (TPSA) is 28.7 Å². The minimum Gasteiger partial charge on any atom is -0.321 e. The number of benzene rings is 1. The highest BCUT2D eigenvalue weighted by molar-refractivity contribution is 6.31. The Kier molecular flexibility index (Phi) is 2.37. The first-order valence-corrected chi connectivity index (χ1v) is 4.76. The van der Waals surface area contributed by atoms with Gasteiger partial charge in [0.1, 0.15) is 11.8 Å². The second-order valence-electron chi connectivity index (χ2n) is 3.13. The minimum absolute atomic E-state index is 0.397. The van der Waals surface area contributed by atoms with E-state index in [9.17, 15) is 0 Å². The number of fused-ring (bicyclic) bond motifs is 1. The fraction of sp³-hybridized carbons (Fsp3) is 0.0833. The molecule has 0 spiro atoms. The highest BCUT2D eigenvalue weighted by Gasteiger charge is 2.07. The molecule has 0 aliphatic heterocycles. The van der Waals surface area contributed by atoms with Gasteiger partial charge in [-0.3, -0.25) is 0 Å². The Bertz CT molecular complexity index is 596. The van der Waals surface area contributed by atoms with Gasteiger partial charge in [-0.15, -0.1) is 6.42 Å². The van der Waals surface area contributed by atoms with E-state index in [1.54, 1.807) is 16.7 Å². The zero-order chi connectivity index (χ0) is 10.8. The Labute approximate surface area is 92.7 Å². The van der Waals surface area contributed by atoms with Crippen LogP contribution < -0.4 is 0 Å². The lowest BCUT2D eigenvalue weighted by molar-refractivity contribution is 0.870. The van der Waals surface area contributed by atoms with Crippen LogP contribution >= 0.6 is 11.6 Å². The molecule has 2 aromatic rings. The molecule has 1 aromatic carbocycles. The predicted molar refractivity (Wildman–Crippen MR) is 60.5 cm³/mol. The van der Waals surface area contributed by atoms with Crippen LogP contribution in [0, 0.1) is 23.7 Å². The summed E-state index contributed by atoms with van der Waals surface area (Å²) in [5.74, 6) is 2.53. The Hall–Kier alpha value is -1.90. The first-order valence-electron chi connectivity index (χ1n) is 4.38. The summed E-state index contributed by atoms with van der Waals surface area (Å²) in [5.41, 5.74) is 1.50. The van der Waals surface area contributed by atoms with Gasteiger partial charge in [0.2, 0.25) is 0 Å². The molecule has 15 heavy (non-hydrogen) atoms. The molecule has 0 unspecified atom stereocenters. The van der Waals surface area contributed by atoms with Gasteiger partial charge in [-0.2, -0.15) is 5.26 Å². The second kappa shape index (κ2) is 3.69. The molecule has 0 saturated carbocycles. The SMILES string of the molecule is C#CCn1c(C#N)cc2cc(Cl)ccc21. The smallest absolute Gasteiger partial charge is 0.122 e. The minimum atomic E-state index is 0.397. The van der Waals surface area contributed by atoms with Crippen LogP contribution in [0.5, 0.6) is 0 Å². The van der Waals surface area contributed by atoms with Crippen LogP contribution in [0.3, 0.4) is 0 Å². The lowest BCUT2D eigenvalue weighted by atomic mass is 10.2. The van der Waals surface area contributed by atoms with E-state index in [0.29, 0.717) is 17.3 Å². The van der Waals surface area contributed by atoms with Gasteiger partial charge in [-0.25, -0.2) is 0 Å². The van der Waals surface area contributed by atoms with Gasteiger partial charge in [-0.1, -0.05) is 17.5 Å². The van der Waals surface area contributed by atoms with Crippen LogP contribution in [0.25, 0.3) is 10.9 Å². The number of rotatable bonds is 1. The van der Waals surface area contributed by atoms with Crippen LogP contribution in [-0.2, 0) is 6.54 Å². The van der Waals surface area contributed by atoms with Crippen molar-refractivity contribution in [2.45, 2.75) is 6.54 Å². The highest BCUT2D eigenvalue weighted by Crippen LogP contribution is 2.23. The summed E-state index contributed by atoms with van der Waals surface area (Å²) in [4.78, 5) is 0. The van der Waals surface area contributed by atoms with Gasteiger partial charge >= 0.3 is 0 Å². The fourth-order valence-electron chi connectivity index (χ4n) is 1.60. The van der Waals surface area contributed by atoms with Crippen molar-refractivity contribution in [3.05, 3.63) is 35.0 Å². The van der Waals surface area contributed by atoms with Crippen molar-refractivity contribution in [1.82, 2.24) is 4.57 Å². The number of aromatic nitrogens is 1. The summed E-state index contributed by atoms with van der Waals surface area (Å²) in [6.45, 7) is 0.397. The molecule has 0 bridgehead atoms. The Morgan fingerprint density at radius 1 is 1.40 bits per heavy atom. The zero-order valence-corrected chi connectivity index (χ0v) is 8.62. The van der Waals surface area contributed by atoms with E-state index in [2.05, 4.69) is 12.0 Å². The van der Waals surface area contributed by atoms with Gasteiger partial charge in [0.15, 0.2) is 0 Å². The number of hydrogen-bond donors (Lipinski definition) is 0. The van der Waals surface area contributed by atoms with E-state index in [0.717, 1.165) is 10.9 Å². The maximum atomic E-state index is 8.94. The van der Waals surface area contributed by atoms with E-state index in [-0.39, 0.29) is 0 Å². The van der Waals surface area contributed by atoms with Gasteiger partial charge in [0.05, 0.1) is 12.1 Å². The maximum absolute atomic E-state index is 8.94. The molecule has 0 radical (unpaired) electrons. The Morgan fingerprint density at radius 3 is 2.87 bits per heavy atom. The standard InChI is InChI=1S/C12H7ClN2/c1-2-5-15-11(8-14)7-9-6-10(13)3-4-12(9)15/h1,3-4,6-7H,5H2. The van der Waals surface area contributed by atoms with Crippen LogP contribution in [0.2, 0.25) is 5.02 Å². The van der Waals surface area contributed by atoms with Crippen molar-refractivity contribution in [3.8, 4) is 18.4 Å². The van der Waals surface area contributed by atoms with Crippen molar-refractivity contribution in [3.63, 3.8) is 0 Å². The summed E-state index contributed by atoms with van der Waals surface area (Å²) < 4.78 is 1.80. The lowest BCUT2D eigenvalue weighted by Gasteiger charge is -2.01. The van der Waals surface area contributed by atoms with Crippen LogP contribution in [-0.4, -0.2) is 4.57 Å². The lowest BCUT2D eigenvalue weighted by Crippen LogP contribution is -1.97. The van der Waals surface area contributed by atoms with E-state index in [1.165, 1.54) is 0 Å². The molecule has 0 fully saturated rings. The van der Waals surface area contributed by atoms with E-state index in [1.807, 2.05) is 12.1 Å². The van der Waals surface area contributed by atoms with Gasteiger partial charge < -0.3 is 4.57 Å². The van der Waals surface area contributed by atoms with Gasteiger partial charge in [0, 0.05) is 10.4 Å². The first-order chi connectivity index (χ1) is 7.26. The van der Waals surface area contributed by atoms with Crippen molar-refractivity contribution in [2.75, 3.05) is 0 Å². The molecule has 0 atom stereocenters. The molecule has 0 saturated heterocycles. The third-order valence-electron chi connectivity index (χ3n) is 2.23. The van der Waals surface area contributed by atoms with Crippen LogP contribution in [0.1, 0.15) is 5.69 Å². The fourth-order valence-corrected chi connectivity index (χ4v) is 1.78. The molecule has 0 amide bonds. The number of nitrogens with zero attached hydrogens (tertiary/aromatic N) is 2. The molecule has 2 rings (SSSR count). The predicted octanol–water partition coefficient (Wildman–Crippen LogP) is 2.80. The van der Waals surface area contributed by atoms with Crippen molar-refractivity contribution in [1.29, 1.82) is 5.26 Å². The molecule has 0 aliphatic carbocycles. The monoisotopic (exact) mass is 214 g/mol. The maximum Gasteiger partial charge on any atom is 0.122 e. The molecule has 72 valence electrons. The Balaban J connectivity index is 2.77. The quantitative estimate of drug-likeness (QED) is 0.671. The average molecular weight is 215 g/mol. The second-order valence-corrected chi connectivity index (χ2v) is 3.57. The highest BCUT2D eigenvalue weighted by atomic mass is 35.5. The molecular weight excluding hydrogens is 208 g/mol. The largest absolute Gasteiger partial charge is 0.321 e. The number of halogens is 1. The van der Waals surface area contributed by atoms with E-state index < -0.39 is 0 Å². The molecule has 1 heterocycles. The molecular formula is C12H7ClN2. The Morgan fingerprint density at radius 2 is 2.20 bits per heavy atom. The summed E-state index contributed by atoms with van der Waals surface area (Å²) in [6, 6.07) is 9.39. The van der Waals surface area contributed by atoms with Crippen LogP contribution in [0.4, 0.5) is 0 Å². The zero-order valence-electron chi connectivity index (χ0n) is 7.87. The van der Waals surface area contributed by atoms with Crippen molar-refractivity contribution >= 4 is 22.5 Å².